The Balaban J connectivity index is 1.84. The first-order chi connectivity index (χ1) is 9.29. The van der Waals surface area contributed by atoms with E-state index in [9.17, 15) is 0 Å². The monoisotopic (exact) mass is 270 g/mol. The van der Waals surface area contributed by atoms with Crippen LogP contribution in [0.5, 0.6) is 0 Å². The highest BCUT2D eigenvalue weighted by Crippen LogP contribution is 2.21. The van der Waals surface area contributed by atoms with Gasteiger partial charge in [-0.15, -0.1) is 11.8 Å². The van der Waals surface area contributed by atoms with Crippen LogP contribution in [0.3, 0.4) is 0 Å². The van der Waals surface area contributed by atoms with E-state index in [1.807, 2.05) is 30.0 Å². The van der Waals surface area contributed by atoms with Crippen molar-refractivity contribution in [2.24, 2.45) is 0 Å². The van der Waals surface area contributed by atoms with Crippen molar-refractivity contribution in [3.8, 4) is 0 Å². The van der Waals surface area contributed by atoms with Crippen LogP contribution in [0.4, 0.5) is 11.4 Å². The molecule has 2 rings (SSSR count). The second kappa shape index (κ2) is 6.81. The van der Waals surface area contributed by atoms with Crippen LogP contribution in [0.2, 0.25) is 0 Å². The average Bonchev–Trinajstić information content (AvgIpc) is 2.48. The summed E-state index contributed by atoms with van der Waals surface area (Å²) < 4.78 is 0. The number of rotatable bonds is 5. The van der Waals surface area contributed by atoms with E-state index in [0.29, 0.717) is 5.69 Å². The Morgan fingerprint density at radius 2 is 1.74 bits per heavy atom. The van der Waals surface area contributed by atoms with Crippen LogP contribution >= 0.6 is 11.8 Å². The Morgan fingerprint density at radius 1 is 1.05 bits per heavy atom. The molecule has 0 aromatic heterocycles. The summed E-state index contributed by atoms with van der Waals surface area (Å²) in [6.07, 6.45) is 0. The van der Waals surface area contributed by atoms with Gasteiger partial charge in [-0.25, -0.2) is 0 Å². The minimum Gasteiger partial charge on any atom is -0.374 e. The molecule has 3 nitrogen and oxygen atoms in total. The molecule has 0 saturated heterocycles. The lowest BCUT2D eigenvalue weighted by Crippen LogP contribution is -2.19. The first kappa shape index (κ1) is 13.4. The largest absolute Gasteiger partial charge is 0.385 e. The standard InChI is InChI=1S/C15H16N3S/c1-18(14-9-7-13(17-16)8-10-14)11-12-19-15-5-3-2-4-6-15/h2-10H,11-12H2,1H3/q+1. The summed E-state index contributed by atoms with van der Waals surface area (Å²) in [5.74, 6) is 1.03. The average molecular weight is 270 g/mol. The Morgan fingerprint density at radius 3 is 2.37 bits per heavy atom. The van der Waals surface area contributed by atoms with Crippen LogP contribution in [-0.4, -0.2) is 19.3 Å². The molecule has 96 valence electrons. The lowest BCUT2D eigenvalue weighted by molar-refractivity contribution is 0.977. The minimum atomic E-state index is 0.579. The molecule has 4 heteroatoms. The lowest BCUT2D eigenvalue weighted by Gasteiger charge is -2.18. The summed E-state index contributed by atoms with van der Waals surface area (Å²) in [6.45, 7) is 0.967. The molecule has 0 fully saturated rings. The first-order valence-corrected chi connectivity index (χ1v) is 7.12. The zero-order valence-corrected chi connectivity index (χ0v) is 11.7. The lowest BCUT2D eigenvalue weighted by atomic mass is 10.2. The third kappa shape index (κ3) is 4.01. The summed E-state index contributed by atoms with van der Waals surface area (Å²) in [6, 6.07) is 17.9. The maximum absolute atomic E-state index is 8.64. The molecule has 2 aromatic carbocycles. The SMILES string of the molecule is CN(CCSc1ccccc1)c1ccc([N+]#N)cc1. The predicted octanol–water partition coefficient (Wildman–Crippen LogP) is 4.40. The molecule has 0 atom stereocenters. The van der Waals surface area contributed by atoms with Gasteiger partial charge in [-0.05, 0) is 24.3 Å². The molecular weight excluding hydrogens is 254 g/mol. The van der Waals surface area contributed by atoms with Gasteiger partial charge in [-0.1, -0.05) is 18.2 Å². The molecule has 2 aromatic rings. The molecule has 0 heterocycles. The molecule has 0 saturated carbocycles. The highest BCUT2D eigenvalue weighted by atomic mass is 32.2. The van der Waals surface area contributed by atoms with Gasteiger partial charge in [0.2, 0.25) is 5.39 Å². The van der Waals surface area contributed by atoms with Gasteiger partial charge in [0, 0.05) is 42.1 Å². The van der Waals surface area contributed by atoms with E-state index >= 15 is 0 Å². The fraction of sp³-hybridized carbons (Fsp3) is 0.200. The van der Waals surface area contributed by atoms with Gasteiger partial charge in [0.25, 0.3) is 0 Å². The van der Waals surface area contributed by atoms with Gasteiger partial charge in [0.15, 0.2) is 4.98 Å². The Labute approximate surface area is 117 Å². The van der Waals surface area contributed by atoms with Crippen molar-refractivity contribution >= 4 is 23.1 Å². The fourth-order valence-corrected chi connectivity index (χ4v) is 2.67. The van der Waals surface area contributed by atoms with Crippen molar-refractivity contribution in [1.29, 1.82) is 5.39 Å². The third-order valence-electron chi connectivity index (χ3n) is 2.84. The molecule has 0 aliphatic carbocycles. The molecule has 0 aliphatic rings. The highest BCUT2D eigenvalue weighted by molar-refractivity contribution is 7.99. The predicted molar refractivity (Wildman–Crippen MR) is 81.6 cm³/mol. The number of hydrogen-bond acceptors (Lipinski definition) is 3. The van der Waals surface area contributed by atoms with Crippen molar-refractivity contribution in [1.82, 2.24) is 0 Å². The van der Waals surface area contributed by atoms with E-state index in [4.69, 9.17) is 5.39 Å². The molecule has 0 radical (unpaired) electrons. The number of anilines is 1. The Hall–Kier alpha value is -1.99. The molecule has 0 N–H and O–H groups in total. The van der Waals surface area contributed by atoms with Crippen molar-refractivity contribution < 1.29 is 0 Å². The van der Waals surface area contributed by atoms with E-state index in [2.05, 4.69) is 41.2 Å². The van der Waals surface area contributed by atoms with Crippen LogP contribution in [0.25, 0.3) is 4.98 Å². The summed E-state index contributed by atoms with van der Waals surface area (Å²) in [5.41, 5.74) is 1.71. The van der Waals surface area contributed by atoms with Gasteiger partial charge < -0.3 is 4.90 Å². The van der Waals surface area contributed by atoms with Gasteiger partial charge in [0.1, 0.15) is 0 Å². The molecule has 0 bridgehead atoms. The van der Waals surface area contributed by atoms with Gasteiger partial charge >= 0.3 is 5.69 Å². The molecule has 19 heavy (non-hydrogen) atoms. The van der Waals surface area contributed by atoms with Gasteiger partial charge in [0.05, 0.1) is 0 Å². The second-order valence-corrected chi connectivity index (χ2v) is 5.37. The number of nitrogens with zero attached hydrogens (tertiary/aromatic N) is 3. The van der Waals surface area contributed by atoms with Crippen LogP contribution < -0.4 is 4.90 Å². The van der Waals surface area contributed by atoms with Crippen molar-refractivity contribution in [3.63, 3.8) is 0 Å². The van der Waals surface area contributed by atoms with Crippen molar-refractivity contribution in [2.75, 3.05) is 24.2 Å². The Kier molecular flexibility index (Phi) is 4.82. The normalized spacial score (nSPS) is 9.89. The molecular formula is C15H16N3S+. The van der Waals surface area contributed by atoms with Crippen molar-refractivity contribution in [2.45, 2.75) is 4.90 Å². The van der Waals surface area contributed by atoms with E-state index in [-0.39, 0.29) is 0 Å². The third-order valence-corrected chi connectivity index (χ3v) is 3.84. The fourth-order valence-electron chi connectivity index (χ4n) is 1.72. The van der Waals surface area contributed by atoms with E-state index in [0.717, 1.165) is 18.0 Å². The molecule has 0 aliphatic heterocycles. The maximum atomic E-state index is 8.64. The number of thioether (sulfide) groups is 1. The minimum absolute atomic E-state index is 0.579. The van der Waals surface area contributed by atoms with Crippen LogP contribution in [-0.2, 0) is 0 Å². The number of diazo groups is 1. The summed E-state index contributed by atoms with van der Waals surface area (Å²) in [5, 5.41) is 8.64. The maximum Gasteiger partial charge on any atom is 0.385 e. The zero-order valence-electron chi connectivity index (χ0n) is 10.9. The van der Waals surface area contributed by atoms with Crippen LogP contribution in [0.15, 0.2) is 59.5 Å². The van der Waals surface area contributed by atoms with Crippen LogP contribution in [0.1, 0.15) is 0 Å². The quantitative estimate of drug-likeness (QED) is 0.596. The second-order valence-electron chi connectivity index (χ2n) is 4.20. The zero-order chi connectivity index (χ0) is 13.5. The Bertz CT molecular complexity index is 546. The van der Waals surface area contributed by atoms with E-state index in [1.165, 1.54) is 4.90 Å². The summed E-state index contributed by atoms with van der Waals surface area (Å²) in [7, 11) is 2.07. The van der Waals surface area contributed by atoms with Gasteiger partial charge in [-0.2, -0.15) is 0 Å². The molecule has 0 unspecified atom stereocenters. The number of hydrogen-bond donors (Lipinski definition) is 0. The topological polar surface area (TPSA) is 31.4 Å². The van der Waals surface area contributed by atoms with Crippen molar-refractivity contribution in [3.05, 3.63) is 59.6 Å². The summed E-state index contributed by atoms with van der Waals surface area (Å²) >= 11 is 1.85. The van der Waals surface area contributed by atoms with E-state index in [1.54, 1.807) is 12.1 Å². The first-order valence-electron chi connectivity index (χ1n) is 6.14. The number of benzene rings is 2. The summed E-state index contributed by atoms with van der Waals surface area (Å²) in [4.78, 5) is 6.64. The van der Waals surface area contributed by atoms with Crippen LogP contribution in [0, 0.1) is 5.39 Å². The van der Waals surface area contributed by atoms with E-state index < -0.39 is 0 Å². The molecule has 0 amide bonds. The molecule has 0 spiro atoms. The van der Waals surface area contributed by atoms with Gasteiger partial charge in [-0.3, -0.25) is 0 Å². The highest BCUT2D eigenvalue weighted by Gasteiger charge is 2.05. The smallest absolute Gasteiger partial charge is 0.374 e.